The van der Waals surface area contributed by atoms with Crippen molar-refractivity contribution >= 4 is 102 Å². The van der Waals surface area contributed by atoms with Crippen molar-refractivity contribution in [2.75, 3.05) is 0 Å². The van der Waals surface area contributed by atoms with Crippen LogP contribution in [0.15, 0.2) is 12.1 Å². The normalized spacial score (nSPS) is 13.6. The van der Waals surface area contributed by atoms with Gasteiger partial charge in [-0.25, -0.2) is 0 Å². The summed E-state index contributed by atoms with van der Waals surface area (Å²) in [7, 11) is -3.77. The number of hydrogen-bond donors (Lipinski definition) is 0. The Balaban J connectivity index is 2.63. The van der Waals surface area contributed by atoms with Gasteiger partial charge in [-0.3, -0.25) is 0 Å². The van der Waals surface area contributed by atoms with Gasteiger partial charge in [0, 0.05) is 0 Å². The first-order valence-electron chi connectivity index (χ1n) is 17.1. The molecule has 242 valence electrons. The van der Waals surface area contributed by atoms with Gasteiger partial charge in [0.05, 0.1) is 0 Å². The maximum atomic E-state index is 4.15. The van der Waals surface area contributed by atoms with Crippen LogP contribution in [0.25, 0.3) is 20.2 Å². The molecule has 0 spiro atoms. The van der Waals surface area contributed by atoms with Crippen LogP contribution < -0.4 is 5.79 Å². The first kappa shape index (κ1) is 38.7. The Morgan fingerprint density at radius 2 is 0.727 bits per heavy atom. The molecule has 0 aliphatic rings. The van der Waals surface area contributed by atoms with E-state index in [2.05, 4.69) is 170 Å². The number of rotatable bonds is 8. The Hall–Kier alpha value is 0.291. The molecule has 0 saturated carbocycles. The molecule has 44 heavy (non-hydrogen) atoms. The molecule has 0 aliphatic carbocycles. The molecule has 0 saturated heterocycles. The molecule has 0 nitrogen and oxygen atoms in total. The first-order chi connectivity index (χ1) is 20.0. The minimum atomic E-state index is -2.36. The Morgan fingerprint density at radius 1 is 0.477 bits per heavy atom. The van der Waals surface area contributed by atoms with Crippen LogP contribution in [0.1, 0.15) is 94.2 Å². The summed E-state index contributed by atoms with van der Waals surface area (Å²) in [5.41, 5.74) is 14.7. The van der Waals surface area contributed by atoms with Crippen molar-refractivity contribution in [2.45, 2.75) is 146 Å². The molecule has 0 unspecified atom stereocenters. The van der Waals surface area contributed by atoms with Gasteiger partial charge >= 0.3 is 294 Å². The van der Waals surface area contributed by atoms with E-state index in [-0.39, 0.29) is 0 Å². The Kier molecular flexibility index (Phi) is 12.4. The maximum absolute atomic E-state index is 4.15. The zero-order chi connectivity index (χ0) is 33.7. The van der Waals surface area contributed by atoms with Gasteiger partial charge in [0.2, 0.25) is 0 Å². The monoisotopic (exact) mass is 878 g/mol. The minimum absolute atomic E-state index is 0.626. The molecule has 3 rings (SSSR count). The summed E-state index contributed by atoms with van der Waals surface area (Å²) in [5, 5.41) is 2.81. The van der Waals surface area contributed by atoms with Gasteiger partial charge in [-0.1, -0.05) is 0 Å². The van der Waals surface area contributed by atoms with Gasteiger partial charge in [-0.05, 0) is 0 Å². The van der Waals surface area contributed by atoms with Crippen molar-refractivity contribution in [3.8, 4) is 22.9 Å². The van der Waals surface area contributed by atoms with E-state index in [0.29, 0.717) is 33.2 Å². The van der Waals surface area contributed by atoms with Crippen LogP contribution in [0.2, 0.25) is 62.9 Å². The van der Waals surface area contributed by atoms with Crippen molar-refractivity contribution in [3.05, 3.63) is 23.3 Å². The molecule has 2 aromatic heterocycles. The van der Waals surface area contributed by atoms with E-state index in [1.54, 1.807) is 5.79 Å². The van der Waals surface area contributed by atoms with Crippen LogP contribution in [0.5, 0.6) is 0 Å². The van der Waals surface area contributed by atoms with Gasteiger partial charge < -0.3 is 0 Å². The molecular formula is C38H62S2Si2Sn2. The van der Waals surface area contributed by atoms with Crippen molar-refractivity contribution in [3.63, 3.8) is 0 Å². The summed E-state index contributed by atoms with van der Waals surface area (Å²) in [6, 6.07) is 5.18. The van der Waals surface area contributed by atoms with E-state index >= 15 is 0 Å². The SMILES string of the molecule is CC(C)[Si](C#Cc1c2c[c]([Sn]([CH3])([CH3])[CH3])sc2c(C#C[Si](C(C)C)(C(C)C)C(C)C)c2c[c]([Sn]([CH3])([CH3])[CH3])sc12)(C(C)C)C(C)C. The zero-order valence-electron chi connectivity index (χ0n) is 31.4. The average molecular weight is 877 g/mol. The molecule has 3 aromatic rings. The van der Waals surface area contributed by atoms with Crippen LogP contribution in [-0.2, 0) is 0 Å². The van der Waals surface area contributed by atoms with Crippen LogP contribution >= 0.6 is 22.7 Å². The predicted octanol–water partition coefficient (Wildman–Crippen LogP) is 12.3. The molecule has 0 N–H and O–H groups in total. The zero-order valence-corrected chi connectivity index (χ0v) is 40.8. The molecule has 0 fully saturated rings. The second-order valence-corrected chi connectivity index (χ2v) is 61.3. The van der Waals surface area contributed by atoms with Gasteiger partial charge in [0.1, 0.15) is 0 Å². The summed E-state index contributed by atoms with van der Waals surface area (Å²) in [6.07, 6.45) is 0. The van der Waals surface area contributed by atoms with E-state index in [1.165, 1.54) is 31.3 Å². The van der Waals surface area contributed by atoms with E-state index in [1.807, 2.05) is 0 Å². The Bertz CT molecular complexity index is 1400. The molecule has 2 heterocycles. The summed E-state index contributed by atoms with van der Waals surface area (Å²) < 4.78 is 6.14. The van der Waals surface area contributed by atoms with Crippen LogP contribution in [0.3, 0.4) is 0 Å². The van der Waals surface area contributed by atoms with Crippen molar-refractivity contribution in [2.24, 2.45) is 0 Å². The van der Waals surface area contributed by atoms with Gasteiger partial charge in [0.15, 0.2) is 0 Å². The fraction of sp³-hybridized carbons (Fsp3) is 0.632. The second-order valence-electron chi connectivity index (χ2n) is 17.3. The van der Waals surface area contributed by atoms with E-state index in [0.717, 1.165) is 0 Å². The molecular weight excluding hydrogens is 814 g/mol. The molecule has 0 bridgehead atoms. The summed E-state index contributed by atoms with van der Waals surface area (Å²) in [6.45, 7) is 29.3. The molecule has 0 atom stereocenters. The number of benzene rings is 1. The molecule has 0 amide bonds. The van der Waals surface area contributed by atoms with Gasteiger partial charge in [-0.15, -0.1) is 0 Å². The van der Waals surface area contributed by atoms with Gasteiger partial charge in [-0.2, -0.15) is 0 Å². The molecule has 6 heteroatoms. The fourth-order valence-electron chi connectivity index (χ4n) is 7.96. The van der Waals surface area contributed by atoms with Crippen LogP contribution in [-0.4, -0.2) is 52.9 Å². The third kappa shape index (κ3) is 7.17. The quantitative estimate of drug-likeness (QED) is 0.156. The number of thiophene rings is 2. The third-order valence-electron chi connectivity index (χ3n) is 10.5. The second kappa shape index (κ2) is 14.0. The van der Waals surface area contributed by atoms with Crippen molar-refractivity contribution in [1.82, 2.24) is 0 Å². The summed E-state index contributed by atoms with van der Waals surface area (Å²) >= 11 is -0.562. The Labute approximate surface area is 290 Å². The van der Waals surface area contributed by atoms with E-state index in [9.17, 15) is 0 Å². The summed E-state index contributed by atoms with van der Waals surface area (Å²) in [5.74, 6) is 8.07. The number of hydrogen-bond acceptors (Lipinski definition) is 2. The van der Waals surface area contributed by atoms with Crippen LogP contribution in [0, 0.1) is 22.9 Å². The van der Waals surface area contributed by atoms with Crippen LogP contribution in [0.4, 0.5) is 0 Å². The Morgan fingerprint density at radius 3 is 0.932 bits per heavy atom. The summed E-state index contributed by atoms with van der Waals surface area (Å²) in [4.78, 5) is 15.4. The predicted molar refractivity (Wildman–Crippen MR) is 219 cm³/mol. The van der Waals surface area contributed by atoms with Crippen molar-refractivity contribution in [1.29, 1.82) is 0 Å². The fourth-order valence-corrected chi connectivity index (χ4v) is 31.1. The number of fused-ring (bicyclic) bond motifs is 2. The average Bonchev–Trinajstić information content (AvgIpc) is 3.49. The topological polar surface area (TPSA) is 0 Å². The molecule has 0 radical (unpaired) electrons. The standard InChI is InChI=1S/C32H44S2Si2.6CH3.2Sn/c1-21(2)35(22(3)4,23(5)6)19-15-29-27-13-17-34-32(27)30(28-14-18-33-31(28)29)16-20-36(24(7)8,25(9)10)26(11)12;;;;;;;;/h13-14,21-26H,1-12H3;6*1H3;;. The van der Waals surface area contributed by atoms with E-state index < -0.39 is 52.9 Å². The molecule has 0 aliphatic heterocycles. The first-order valence-corrected chi connectivity index (χ1v) is 43.2. The third-order valence-corrected chi connectivity index (χ3v) is 44.2. The van der Waals surface area contributed by atoms with Gasteiger partial charge in [0.25, 0.3) is 0 Å². The molecule has 1 aromatic carbocycles. The van der Waals surface area contributed by atoms with Crippen molar-refractivity contribution < 1.29 is 0 Å². The van der Waals surface area contributed by atoms with E-state index in [4.69, 9.17) is 0 Å².